The third-order valence-corrected chi connectivity index (χ3v) is 2.62. The minimum absolute atomic E-state index is 0.222. The van der Waals surface area contributed by atoms with E-state index in [4.69, 9.17) is 31.0 Å². The van der Waals surface area contributed by atoms with Crippen LogP contribution in [0.25, 0.3) is 0 Å². The minimum Gasteiger partial charge on any atom is -0.495 e. The van der Waals surface area contributed by atoms with Crippen LogP contribution >= 0.6 is 11.6 Å². The molecule has 0 radical (unpaired) electrons. The Hall–Kier alpha value is -1.17. The second-order valence-corrected chi connectivity index (χ2v) is 3.62. The van der Waals surface area contributed by atoms with Crippen LogP contribution in [0.4, 0.5) is 0 Å². The molecule has 0 bridgehead atoms. The molecule has 2 N–H and O–H groups in total. The third-order valence-electron chi connectivity index (χ3n) is 2.28. The summed E-state index contributed by atoms with van der Waals surface area (Å²) in [6.45, 7) is 1.18. The van der Waals surface area contributed by atoms with Gasteiger partial charge in [0.25, 0.3) is 0 Å². The van der Waals surface area contributed by atoms with Gasteiger partial charge in [0.1, 0.15) is 24.0 Å². The zero-order valence-electron chi connectivity index (χ0n) is 8.75. The van der Waals surface area contributed by atoms with Crippen LogP contribution in [0.3, 0.4) is 0 Å². The Morgan fingerprint density at radius 3 is 2.94 bits per heavy atom. The standard InChI is InChI=1S/C10H12ClNO4/c1-14-9-6(5-12-13)4-7-10(8(9)11)16-3-2-15-7/h4,12-13H,2-3,5H2,1H3. The van der Waals surface area contributed by atoms with Crippen molar-refractivity contribution in [2.45, 2.75) is 6.54 Å². The number of benzene rings is 1. The van der Waals surface area contributed by atoms with E-state index in [1.807, 2.05) is 0 Å². The van der Waals surface area contributed by atoms with E-state index >= 15 is 0 Å². The second-order valence-electron chi connectivity index (χ2n) is 3.24. The molecule has 16 heavy (non-hydrogen) atoms. The van der Waals surface area contributed by atoms with E-state index in [9.17, 15) is 0 Å². The molecule has 0 saturated carbocycles. The molecule has 1 heterocycles. The third kappa shape index (κ3) is 1.89. The summed E-state index contributed by atoms with van der Waals surface area (Å²) in [4.78, 5) is 0. The molecule has 1 aliphatic rings. The number of ether oxygens (including phenoxy) is 3. The van der Waals surface area contributed by atoms with E-state index in [1.54, 1.807) is 6.07 Å². The van der Waals surface area contributed by atoms with Gasteiger partial charge in [-0.05, 0) is 6.07 Å². The lowest BCUT2D eigenvalue weighted by molar-refractivity contribution is 0.157. The van der Waals surface area contributed by atoms with Crippen molar-refractivity contribution in [1.82, 2.24) is 5.48 Å². The summed E-state index contributed by atoms with van der Waals surface area (Å²) < 4.78 is 16.0. The van der Waals surface area contributed by atoms with Crippen LogP contribution in [-0.2, 0) is 6.54 Å². The van der Waals surface area contributed by atoms with Crippen LogP contribution < -0.4 is 19.7 Å². The summed E-state index contributed by atoms with van der Waals surface area (Å²) in [5, 5.41) is 9.08. The fourth-order valence-electron chi connectivity index (χ4n) is 1.62. The van der Waals surface area contributed by atoms with Crippen LogP contribution in [-0.4, -0.2) is 25.5 Å². The zero-order chi connectivity index (χ0) is 11.5. The zero-order valence-corrected chi connectivity index (χ0v) is 9.50. The molecule has 0 spiro atoms. The predicted molar refractivity (Wildman–Crippen MR) is 57.6 cm³/mol. The van der Waals surface area contributed by atoms with E-state index in [2.05, 4.69) is 5.48 Å². The monoisotopic (exact) mass is 245 g/mol. The lowest BCUT2D eigenvalue weighted by atomic mass is 10.1. The van der Waals surface area contributed by atoms with Crippen molar-refractivity contribution < 1.29 is 19.4 Å². The highest BCUT2D eigenvalue weighted by Gasteiger charge is 2.22. The van der Waals surface area contributed by atoms with E-state index in [0.717, 1.165) is 0 Å². The Morgan fingerprint density at radius 2 is 2.25 bits per heavy atom. The first kappa shape index (κ1) is 11.3. The first-order chi connectivity index (χ1) is 7.77. The van der Waals surface area contributed by atoms with Crippen LogP contribution in [0.1, 0.15) is 5.56 Å². The highest BCUT2D eigenvalue weighted by atomic mass is 35.5. The van der Waals surface area contributed by atoms with Crippen molar-refractivity contribution in [3.63, 3.8) is 0 Å². The number of nitrogens with one attached hydrogen (secondary N) is 1. The van der Waals surface area contributed by atoms with E-state index < -0.39 is 0 Å². The number of fused-ring (bicyclic) bond motifs is 1. The Bertz CT molecular complexity index is 397. The molecule has 0 fully saturated rings. The summed E-state index contributed by atoms with van der Waals surface area (Å²) >= 11 is 6.13. The molecular formula is C10H12ClNO4. The lowest BCUT2D eigenvalue weighted by Gasteiger charge is -2.22. The van der Waals surface area contributed by atoms with Crippen molar-refractivity contribution in [3.8, 4) is 17.2 Å². The van der Waals surface area contributed by atoms with Gasteiger partial charge in [0.15, 0.2) is 11.5 Å². The second kappa shape index (κ2) is 4.78. The maximum atomic E-state index is 8.71. The molecule has 6 heteroatoms. The number of rotatable bonds is 3. The quantitative estimate of drug-likeness (QED) is 0.792. The molecular weight excluding hydrogens is 234 g/mol. The maximum absolute atomic E-state index is 8.71. The number of hydrogen-bond acceptors (Lipinski definition) is 5. The Labute approximate surface area is 97.8 Å². The van der Waals surface area contributed by atoms with Crippen molar-refractivity contribution >= 4 is 11.6 Å². The smallest absolute Gasteiger partial charge is 0.183 e. The number of methoxy groups -OCH3 is 1. The van der Waals surface area contributed by atoms with Gasteiger partial charge < -0.3 is 19.4 Å². The minimum atomic E-state index is 0.222. The molecule has 88 valence electrons. The average Bonchev–Trinajstić information content (AvgIpc) is 2.30. The molecule has 1 aromatic carbocycles. The molecule has 0 aromatic heterocycles. The first-order valence-electron chi connectivity index (χ1n) is 4.80. The van der Waals surface area contributed by atoms with Crippen molar-refractivity contribution in [2.75, 3.05) is 20.3 Å². The Kier molecular flexibility index (Phi) is 3.38. The Balaban J connectivity index is 2.50. The van der Waals surface area contributed by atoms with Gasteiger partial charge in [0.2, 0.25) is 0 Å². The topological polar surface area (TPSA) is 60.0 Å². The molecule has 0 unspecified atom stereocenters. The fraction of sp³-hybridized carbons (Fsp3) is 0.400. The highest BCUT2D eigenvalue weighted by molar-refractivity contribution is 6.34. The Morgan fingerprint density at radius 1 is 1.50 bits per heavy atom. The van der Waals surface area contributed by atoms with Gasteiger partial charge in [-0.1, -0.05) is 11.6 Å². The van der Waals surface area contributed by atoms with E-state index in [-0.39, 0.29) is 6.54 Å². The molecule has 1 aliphatic heterocycles. The van der Waals surface area contributed by atoms with Gasteiger partial charge in [-0.2, -0.15) is 0 Å². The van der Waals surface area contributed by atoms with Gasteiger partial charge in [0.05, 0.1) is 7.11 Å². The number of hydroxylamine groups is 1. The fourth-order valence-corrected chi connectivity index (χ4v) is 1.96. The SMILES string of the molecule is COc1c(CNO)cc2c(c1Cl)OCCO2. The first-order valence-corrected chi connectivity index (χ1v) is 5.17. The van der Waals surface area contributed by atoms with Gasteiger partial charge >= 0.3 is 0 Å². The summed E-state index contributed by atoms with van der Waals surface area (Å²) in [5.74, 6) is 1.54. The molecule has 0 aliphatic carbocycles. The molecule has 0 atom stereocenters. The summed E-state index contributed by atoms with van der Waals surface area (Å²) in [7, 11) is 1.51. The maximum Gasteiger partial charge on any atom is 0.183 e. The van der Waals surface area contributed by atoms with Crippen LogP contribution in [0, 0.1) is 0 Å². The summed E-state index contributed by atoms with van der Waals surface area (Å²) in [6, 6.07) is 1.74. The van der Waals surface area contributed by atoms with Gasteiger partial charge in [-0.3, -0.25) is 0 Å². The number of halogens is 1. The van der Waals surface area contributed by atoms with Crippen molar-refractivity contribution in [3.05, 3.63) is 16.7 Å². The van der Waals surface area contributed by atoms with Crippen LogP contribution in [0.2, 0.25) is 5.02 Å². The van der Waals surface area contributed by atoms with E-state index in [1.165, 1.54) is 7.11 Å². The summed E-state index contributed by atoms with van der Waals surface area (Å²) in [5.41, 5.74) is 2.77. The molecule has 0 amide bonds. The average molecular weight is 246 g/mol. The molecule has 1 aromatic rings. The largest absolute Gasteiger partial charge is 0.495 e. The predicted octanol–water partition coefficient (Wildman–Crippen LogP) is 1.60. The van der Waals surface area contributed by atoms with Gasteiger partial charge in [-0.15, -0.1) is 0 Å². The summed E-state index contributed by atoms with van der Waals surface area (Å²) in [6.07, 6.45) is 0. The normalized spacial score (nSPS) is 13.7. The number of hydrogen-bond donors (Lipinski definition) is 2. The molecule has 2 rings (SSSR count). The van der Waals surface area contributed by atoms with Crippen LogP contribution in [0.15, 0.2) is 6.07 Å². The van der Waals surface area contributed by atoms with Crippen molar-refractivity contribution in [2.24, 2.45) is 0 Å². The van der Waals surface area contributed by atoms with Gasteiger partial charge in [0, 0.05) is 12.1 Å². The van der Waals surface area contributed by atoms with E-state index in [0.29, 0.717) is 41.0 Å². The lowest BCUT2D eigenvalue weighted by Crippen LogP contribution is -2.17. The van der Waals surface area contributed by atoms with Gasteiger partial charge in [-0.25, -0.2) is 5.48 Å². The molecule has 0 saturated heterocycles. The molecule has 5 nitrogen and oxygen atoms in total. The highest BCUT2D eigenvalue weighted by Crippen LogP contribution is 2.45. The van der Waals surface area contributed by atoms with Crippen molar-refractivity contribution in [1.29, 1.82) is 0 Å². The van der Waals surface area contributed by atoms with Crippen LogP contribution in [0.5, 0.6) is 17.2 Å².